The van der Waals surface area contributed by atoms with E-state index in [-0.39, 0.29) is 11.7 Å². The maximum absolute atomic E-state index is 5.87. The lowest BCUT2D eigenvalue weighted by atomic mass is 9.83. The van der Waals surface area contributed by atoms with E-state index in [1.54, 1.807) is 0 Å². The summed E-state index contributed by atoms with van der Waals surface area (Å²) in [5.41, 5.74) is 5.76. The summed E-state index contributed by atoms with van der Waals surface area (Å²) in [6.07, 6.45) is 4.39. The normalized spacial score (nSPS) is 23.2. The van der Waals surface area contributed by atoms with E-state index in [4.69, 9.17) is 15.2 Å². The van der Waals surface area contributed by atoms with Gasteiger partial charge in [0, 0.05) is 11.3 Å². The predicted octanol–water partition coefficient (Wildman–Crippen LogP) is 2.54. The number of ether oxygens (including phenoxy) is 2. The van der Waals surface area contributed by atoms with E-state index in [1.165, 1.54) is 0 Å². The van der Waals surface area contributed by atoms with Crippen LogP contribution in [-0.2, 0) is 9.47 Å². The van der Waals surface area contributed by atoms with Crippen LogP contribution in [0.15, 0.2) is 0 Å². The van der Waals surface area contributed by atoms with Crippen LogP contribution in [0.3, 0.4) is 0 Å². The second kappa shape index (κ2) is 6.58. The van der Waals surface area contributed by atoms with Crippen LogP contribution in [0.25, 0.3) is 0 Å². The molecule has 1 fully saturated rings. The highest BCUT2D eigenvalue weighted by Crippen LogP contribution is 2.33. The van der Waals surface area contributed by atoms with Crippen molar-refractivity contribution in [2.75, 3.05) is 19.8 Å². The lowest BCUT2D eigenvalue weighted by Crippen LogP contribution is -2.43. The maximum atomic E-state index is 5.87. The van der Waals surface area contributed by atoms with Crippen molar-refractivity contribution in [2.45, 2.75) is 52.7 Å². The van der Waals surface area contributed by atoms with E-state index in [1.807, 2.05) is 0 Å². The molecular formula is C13H27NO2. The summed E-state index contributed by atoms with van der Waals surface area (Å²) in [4.78, 5) is 0. The van der Waals surface area contributed by atoms with E-state index < -0.39 is 0 Å². The zero-order chi connectivity index (χ0) is 12.0. The van der Waals surface area contributed by atoms with Crippen LogP contribution < -0.4 is 5.73 Å². The van der Waals surface area contributed by atoms with Crippen molar-refractivity contribution in [3.8, 4) is 0 Å². The monoisotopic (exact) mass is 229 g/mol. The summed E-state index contributed by atoms with van der Waals surface area (Å²) >= 11 is 0. The largest absolute Gasteiger partial charge is 0.352 e. The van der Waals surface area contributed by atoms with Crippen LogP contribution in [-0.4, -0.2) is 26.0 Å². The number of hydrogen-bond donors (Lipinski definition) is 1. The highest BCUT2D eigenvalue weighted by atomic mass is 16.7. The molecule has 2 N–H and O–H groups in total. The summed E-state index contributed by atoms with van der Waals surface area (Å²) in [5, 5.41) is 0. The van der Waals surface area contributed by atoms with Crippen LogP contribution in [0.5, 0.6) is 0 Å². The minimum atomic E-state index is -0.0159. The third-order valence-electron chi connectivity index (χ3n) is 3.94. The van der Waals surface area contributed by atoms with E-state index in [0.29, 0.717) is 5.92 Å². The Labute approximate surface area is 99.7 Å². The predicted molar refractivity (Wildman–Crippen MR) is 66.2 cm³/mol. The van der Waals surface area contributed by atoms with E-state index >= 15 is 0 Å². The fraction of sp³-hybridized carbons (Fsp3) is 1.00. The first-order valence-corrected chi connectivity index (χ1v) is 6.60. The van der Waals surface area contributed by atoms with Gasteiger partial charge in [0.25, 0.3) is 0 Å². The van der Waals surface area contributed by atoms with Gasteiger partial charge >= 0.3 is 0 Å². The van der Waals surface area contributed by atoms with Gasteiger partial charge in [-0.2, -0.15) is 0 Å². The van der Waals surface area contributed by atoms with Crippen LogP contribution in [0, 0.1) is 11.3 Å². The molecule has 0 aromatic rings. The van der Waals surface area contributed by atoms with E-state index in [9.17, 15) is 0 Å². The molecule has 0 radical (unpaired) electrons. The molecule has 0 amide bonds. The van der Waals surface area contributed by atoms with Gasteiger partial charge in [-0.1, -0.05) is 20.8 Å². The summed E-state index contributed by atoms with van der Waals surface area (Å²) in [5.74, 6) is 0.454. The highest BCUT2D eigenvalue weighted by molar-refractivity contribution is 4.80. The molecule has 1 aliphatic rings. The summed E-state index contributed by atoms with van der Waals surface area (Å²) < 4.78 is 11.7. The Hall–Kier alpha value is -0.120. The molecule has 1 heterocycles. The zero-order valence-corrected chi connectivity index (χ0v) is 11.0. The van der Waals surface area contributed by atoms with Crippen molar-refractivity contribution in [3.63, 3.8) is 0 Å². The lowest BCUT2D eigenvalue weighted by Gasteiger charge is -2.40. The Kier molecular flexibility index (Phi) is 5.73. The maximum Gasteiger partial charge on any atom is 0.160 e. The van der Waals surface area contributed by atoms with Gasteiger partial charge < -0.3 is 15.2 Å². The summed E-state index contributed by atoms with van der Waals surface area (Å²) in [6, 6.07) is 0. The Morgan fingerprint density at radius 1 is 1.25 bits per heavy atom. The Morgan fingerprint density at radius 2 is 1.81 bits per heavy atom. The smallest absolute Gasteiger partial charge is 0.160 e. The van der Waals surface area contributed by atoms with Crippen LogP contribution in [0.2, 0.25) is 0 Å². The van der Waals surface area contributed by atoms with Crippen molar-refractivity contribution in [1.29, 1.82) is 0 Å². The van der Waals surface area contributed by atoms with Crippen molar-refractivity contribution in [1.82, 2.24) is 0 Å². The lowest BCUT2D eigenvalue weighted by molar-refractivity contribution is -0.250. The van der Waals surface area contributed by atoms with Crippen molar-refractivity contribution < 1.29 is 9.47 Å². The van der Waals surface area contributed by atoms with Crippen LogP contribution in [0.1, 0.15) is 46.5 Å². The molecule has 96 valence electrons. The minimum absolute atomic E-state index is 0.0159. The van der Waals surface area contributed by atoms with Crippen LogP contribution in [0.4, 0.5) is 0 Å². The number of nitrogens with two attached hydrogens (primary N) is 1. The molecule has 0 aromatic carbocycles. The van der Waals surface area contributed by atoms with Gasteiger partial charge in [0.05, 0.1) is 13.2 Å². The molecule has 1 aliphatic heterocycles. The number of hydrogen-bond acceptors (Lipinski definition) is 3. The molecular weight excluding hydrogens is 202 g/mol. The first kappa shape index (κ1) is 13.9. The topological polar surface area (TPSA) is 44.5 Å². The molecule has 0 bridgehead atoms. The second-order valence-corrected chi connectivity index (χ2v) is 5.11. The first-order chi connectivity index (χ1) is 7.67. The van der Waals surface area contributed by atoms with E-state index in [2.05, 4.69) is 20.8 Å². The van der Waals surface area contributed by atoms with Gasteiger partial charge in [-0.25, -0.2) is 0 Å². The molecule has 3 heteroatoms. The van der Waals surface area contributed by atoms with Crippen molar-refractivity contribution in [3.05, 3.63) is 0 Å². The Morgan fingerprint density at radius 3 is 2.25 bits per heavy atom. The third kappa shape index (κ3) is 3.44. The highest BCUT2D eigenvalue weighted by Gasteiger charge is 2.35. The van der Waals surface area contributed by atoms with Gasteiger partial charge in [0.2, 0.25) is 0 Å². The molecule has 0 aromatic heterocycles. The van der Waals surface area contributed by atoms with E-state index in [0.717, 1.165) is 45.4 Å². The second-order valence-electron chi connectivity index (χ2n) is 5.11. The molecule has 3 nitrogen and oxygen atoms in total. The molecule has 1 atom stereocenters. The van der Waals surface area contributed by atoms with Gasteiger partial charge in [0.1, 0.15) is 0 Å². The SMILES string of the molecule is CCC1(CC)COC(C(C)CCCN)OC1. The molecule has 0 saturated carbocycles. The summed E-state index contributed by atoms with van der Waals surface area (Å²) in [7, 11) is 0. The van der Waals surface area contributed by atoms with Crippen LogP contribution >= 0.6 is 0 Å². The molecule has 1 saturated heterocycles. The van der Waals surface area contributed by atoms with Crippen molar-refractivity contribution >= 4 is 0 Å². The quantitative estimate of drug-likeness (QED) is 0.761. The fourth-order valence-corrected chi connectivity index (χ4v) is 2.17. The average molecular weight is 229 g/mol. The van der Waals surface area contributed by atoms with Gasteiger partial charge in [-0.15, -0.1) is 0 Å². The summed E-state index contributed by atoms with van der Waals surface area (Å²) in [6.45, 7) is 9.06. The fourth-order valence-electron chi connectivity index (χ4n) is 2.17. The standard InChI is InChI=1S/C13H27NO2/c1-4-13(5-2)9-15-12(16-10-13)11(3)7-6-8-14/h11-12H,4-10,14H2,1-3H3. The average Bonchev–Trinajstić information content (AvgIpc) is 2.36. The molecule has 0 spiro atoms. The molecule has 16 heavy (non-hydrogen) atoms. The van der Waals surface area contributed by atoms with Gasteiger partial charge in [-0.05, 0) is 32.2 Å². The number of rotatable bonds is 6. The van der Waals surface area contributed by atoms with Crippen molar-refractivity contribution in [2.24, 2.45) is 17.1 Å². The van der Waals surface area contributed by atoms with Gasteiger partial charge in [-0.3, -0.25) is 0 Å². The molecule has 1 rings (SSSR count). The molecule has 1 unspecified atom stereocenters. The van der Waals surface area contributed by atoms with Gasteiger partial charge in [0.15, 0.2) is 6.29 Å². The Bertz CT molecular complexity index is 182. The third-order valence-corrected chi connectivity index (χ3v) is 3.94. The minimum Gasteiger partial charge on any atom is -0.352 e. The molecule has 0 aliphatic carbocycles. The Balaban J connectivity index is 2.36. The zero-order valence-electron chi connectivity index (χ0n) is 11.0. The first-order valence-electron chi connectivity index (χ1n) is 6.60.